The molecule has 4 aromatic rings. The second kappa shape index (κ2) is 7.81. The quantitative estimate of drug-likeness (QED) is 0.429. The molecule has 0 atom stereocenters. The number of hydrogen-bond donors (Lipinski definition) is 1. The van der Waals surface area contributed by atoms with E-state index >= 15 is 0 Å². The second-order valence-electron chi connectivity index (χ2n) is 8.36. The number of hydrogen-bond acceptors (Lipinski definition) is 4. The molecule has 0 bridgehead atoms. The van der Waals surface area contributed by atoms with Crippen molar-refractivity contribution in [2.75, 3.05) is 0 Å². The summed E-state index contributed by atoms with van der Waals surface area (Å²) in [4.78, 5) is 20.5. The second-order valence-corrected chi connectivity index (χ2v) is 8.36. The van der Waals surface area contributed by atoms with E-state index in [-0.39, 0.29) is 17.5 Å². The van der Waals surface area contributed by atoms with Crippen LogP contribution in [-0.2, 0) is 0 Å². The van der Waals surface area contributed by atoms with Gasteiger partial charge >= 0.3 is 5.97 Å². The Balaban J connectivity index is 1.98. The van der Waals surface area contributed by atoms with E-state index in [1.54, 1.807) is 0 Å². The molecule has 0 aliphatic carbocycles. The number of aromatic carboxylic acids is 1. The third-order valence-corrected chi connectivity index (χ3v) is 5.58. The zero-order chi connectivity index (χ0) is 22.3. The van der Waals surface area contributed by atoms with Gasteiger partial charge in [0.05, 0.1) is 11.0 Å². The molecule has 154 valence electrons. The van der Waals surface area contributed by atoms with Crippen LogP contribution in [0.5, 0.6) is 0 Å². The molecule has 4 rings (SSSR count). The van der Waals surface area contributed by atoms with E-state index in [1.807, 2.05) is 30.3 Å². The third-order valence-electron chi connectivity index (χ3n) is 5.58. The van der Waals surface area contributed by atoms with Gasteiger partial charge in [0, 0.05) is 10.8 Å². The maximum atomic E-state index is 11.5. The maximum Gasteiger partial charge on any atom is 0.354 e. The van der Waals surface area contributed by atoms with Gasteiger partial charge in [0.2, 0.25) is 0 Å². The van der Waals surface area contributed by atoms with E-state index in [0.717, 1.165) is 38.5 Å². The zero-order valence-corrected chi connectivity index (χ0v) is 18.0. The molecule has 2 heterocycles. The van der Waals surface area contributed by atoms with Gasteiger partial charge in [0.25, 0.3) is 0 Å². The topological polar surface area (TPSA) is 86.9 Å². The van der Waals surface area contributed by atoms with Crippen molar-refractivity contribution in [2.45, 2.75) is 39.5 Å². The lowest BCUT2D eigenvalue weighted by Gasteiger charge is -2.17. The molecule has 0 fully saturated rings. The Bertz CT molecular complexity index is 1380. The van der Waals surface area contributed by atoms with Crippen molar-refractivity contribution in [3.05, 3.63) is 71.0 Å². The minimum absolute atomic E-state index is 0.0415. The minimum atomic E-state index is -1.03. The SMILES string of the molecule is CC(C)c1cc2cc(-c3ccc4ccc(C(=O)O)nc4c3C(C)C)ccc2nc1C#N. The summed E-state index contributed by atoms with van der Waals surface area (Å²) in [6.45, 7) is 8.29. The molecule has 0 unspecified atom stereocenters. The number of carbonyl (C=O) groups is 1. The van der Waals surface area contributed by atoms with E-state index in [9.17, 15) is 15.2 Å². The van der Waals surface area contributed by atoms with Crippen molar-refractivity contribution in [3.8, 4) is 17.2 Å². The summed E-state index contributed by atoms with van der Waals surface area (Å²) < 4.78 is 0. The molecule has 5 heteroatoms. The molecule has 0 radical (unpaired) electrons. The maximum absolute atomic E-state index is 11.5. The fourth-order valence-electron chi connectivity index (χ4n) is 4.06. The van der Waals surface area contributed by atoms with Crippen molar-refractivity contribution in [1.82, 2.24) is 9.97 Å². The minimum Gasteiger partial charge on any atom is -0.477 e. The number of nitrogens with zero attached hydrogens (tertiary/aromatic N) is 3. The summed E-state index contributed by atoms with van der Waals surface area (Å²) >= 11 is 0. The van der Waals surface area contributed by atoms with Gasteiger partial charge in [-0.1, -0.05) is 52.0 Å². The first-order chi connectivity index (χ1) is 14.8. The summed E-state index contributed by atoms with van der Waals surface area (Å²) in [6, 6.07) is 17.7. The number of pyridine rings is 2. The number of aromatic nitrogens is 2. The first kappa shape index (κ1) is 20.5. The van der Waals surface area contributed by atoms with Crippen molar-refractivity contribution < 1.29 is 9.90 Å². The lowest BCUT2D eigenvalue weighted by molar-refractivity contribution is 0.0691. The average molecular weight is 409 g/mol. The number of nitriles is 1. The van der Waals surface area contributed by atoms with E-state index in [2.05, 4.69) is 55.9 Å². The predicted octanol–water partition coefficient (Wildman–Crippen LogP) is 6.27. The highest BCUT2D eigenvalue weighted by molar-refractivity contribution is 5.95. The predicted molar refractivity (Wildman–Crippen MR) is 122 cm³/mol. The van der Waals surface area contributed by atoms with Gasteiger partial charge in [-0.05, 0) is 58.4 Å². The Hall–Kier alpha value is -3.78. The largest absolute Gasteiger partial charge is 0.477 e. The number of carboxylic acids is 1. The van der Waals surface area contributed by atoms with Crippen LogP contribution in [0, 0.1) is 11.3 Å². The monoisotopic (exact) mass is 409 g/mol. The zero-order valence-electron chi connectivity index (χ0n) is 18.0. The van der Waals surface area contributed by atoms with E-state index in [1.165, 1.54) is 6.07 Å². The number of carboxylic acid groups (broad SMARTS) is 1. The van der Waals surface area contributed by atoms with Gasteiger partial charge in [-0.15, -0.1) is 0 Å². The van der Waals surface area contributed by atoms with Gasteiger partial charge in [0.15, 0.2) is 0 Å². The molecular weight excluding hydrogens is 386 g/mol. The van der Waals surface area contributed by atoms with Crippen molar-refractivity contribution in [2.24, 2.45) is 0 Å². The summed E-state index contributed by atoms with van der Waals surface area (Å²) in [5.74, 6) is -0.690. The fraction of sp³-hybridized carbons (Fsp3) is 0.231. The smallest absolute Gasteiger partial charge is 0.354 e. The number of fused-ring (bicyclic) bond motifs is 2. The average Bonchev–Trinajstić information content (AvgIpc) is 2.76. The Kier molecular flexibility index (Phi) is 5.16. The molecule has 0 amide bonds. The van der Waals surface area contributed by atoms with Gasteiger partial charge in [-0.25, -0.2) is 14.8 Å². The summed E-state index contributed by atoms with van der Waals surface area (Å²) in [7, 11) is 0. The van der Waals surface area contributed by atoms with Crippen molar-refractivity contribution in [3.63, 3.8) is 0 Å². The molecule has 2 aromatic carbocycles. The first-order valence-electron chi connectivity index (χ1n) is 10.3. The molecule has 0 spiro atoms. The summed E-state index contributed by atoms with van der Waals surface area (Å²) in [5.41, 5.74) is 6.00. The molecule has 0 saturated carbocycles. The van der Waals surface area contributed by atoms with Crippen LogP contribution in [0.15, 0.2) is 48.5 Å². The Labute approximate surface area is 181 Å². The molecule has 0 saturated heterocycles. The molecular formula is C26H23N3O2. The summed E-state index contributed by atoms with van der Waals surface area (Å²) in [5, 5.41) is 20.7. The molecule has 2 aromatic heterocycles. The highest BCUT2D eigenvalue weighted by Crippen LogP contribution is 2.36. The Morgan fingerprint density at radius 2 is 1.68 bits per heavy atom. The van der Waals surface area contributed by atoms with Crippen LogP contribution >= 0.6 is 0 Å². The van der Waals surface area contributed by atoms with Crippen LogP contribution in [0.25, 0.3) is 32.9 Å². The lowest BCUT2D eigenvalue weighted by atomic mass is 9.89. The van der Waals surface area contributed by atoms with Crippen LogP contribution in [0.2, 0.25) is 0 Å². The van der Waals surface area contributed by atoms with Gasteiger partial charge in [-0.2, -0.15) is 5.26 Å². The Morgan fingerprint density at radius 1 is 0.935 bits per heavy atom. The van der Waals surface area contributed by atoms with Gasteiger partial charge < -0.3 is 5.11 Å². The molecule has 31 heavy (non-hydrogen) atoms. The van der Waals surface area contributed by atoms with Gasteiger partial charge in [0.1, 0.15) is 17.5 Å². The van der Waals surface area contributed by atoms with Crippen LogP contribution in [0.4, 0.5) is 0 Å². The molecule has 1 N–H and O–H groups in total. The van der Waals surface area contributed by atoms with Gasteiger partial charge in [-0.3, -0.25) is 0 Å². The van der Waals surface area contributed by atoms with E-state index < -0.39 is 5.97 Å². The standard InChI is InChI=1S/C26H23N3O2/c1-14(2)20-12-18-11-17(7-9-21(18)28-23(20)13-27)19-8-5-16-6-10-22(26(30)31)29-25(16)24(19)15(3)4/h5-12,14-15H,1-4H3,(H,30,31). The van der Waals surface area contributed by atoms with Crippen molar-refractivity contribution in [1.29, 1.82) is 5.26 Å². The van der Waals surface area contributed by atoms with Crippen LogP contribution < -0.4 is 0 Å². The van der Waals surface area contributed by atoms with Crippen molar-refractivity contribution >= 4 is 27.8 Å². The van der Waals surface area contributed by atoms with Crippen LogP contribution in [0.3, 0.4) is 0 Å². The van der Waals surface area contributed by atoms with E-state index in [0.29, 0.717) is 11.2 Å². The third kappa shape index (κ3) is 3.62. The molecule has 5 nitrogen and oxygen atoms in total. The lowest BCUT2D eigenvalue weighted by Crippen LogP contribution is -2.03. The number of benzene rings is 2. The first-order valence-corrected chi connectivity index (χ1v) is 10.3. The highest BCUT2D eigenvalue weighted by Gasteiger charge is 2.17. The van der Waals surface area contributed by atoms with Crippen LogP contribution in [-0.4, -0.2) is 21.0 Å². The normalized spacial score (nSPS) is 11.4. The molecule has 0 aliphatic rings. The van der Waals surface area contributed by atoms with E-state index in [4.69, 9.17) is 0 Å². The fourth-order valence-corrected chi connectivity index (χ4v) is 4.06. The van der Waals surface area contributed by atoms with Crippen LogP contribution in [0.1, 0.15) is 66.8 Å². The number of rotatable bonds is 4. The Morgan fingerprint density at radius 3 is 2.32 bits per heavy atom. The highest BCUT2D eigenvalue weighted by atomic mass is 16.4. The summed E-state index contributed by atoms with van der Waals surface area (Å²) in [6.07, 6.45) is 0. The molecule has 0 aliphatic heterocycles.